The summed E-state index contributed by atoms with van der Waals surface area (Å²) in [4.78, 5) is 15.3. The minimum absolute atomic E-state index is 0. The molecule has 0 unspecified atom stereocenters. The van der Waals surface area contributed by atoms with Gasteiger partial charge in [-0.2, -0.15) is 0 Å². The molecule has 0 aliphatic rings. The van der Waals surface area contributed by atoms with Crippen molar-refractivity contribution in [3.8, 4) is 0 Å². The van der Waals surface area contributed by atoms with Gasteiger partial charge in [-0.3, -0.25) is 0 Å². The van der Waals surface area contributed by atoms with Gasteiger partial charge in [-0.15, -0.1) is 0 Å². The zero-order valence-corrected chi connectivity index (χ0v) is 7.83. The predicted octanol–water partition coefficient (Wildman–Crippen LogP) is -0.377. The minimum atomic E-state index is -3.56. The molecule has 0 rings (SSSR count). The van der Waals surface area contributed by atoms with E-state index in [1.165, 1.54) is 0 Å². The molecule has 3 nitrogen and oxygen atoms in total. The van der Waals surface area contributed by atoms with E-state index in [0.717, 1.165) is 0 Å². The van der Waals surface area contributed by atoms with E-state index < -0.39 is 5.69 Å². The minimum Gasteiger partial charge on any atom is 0 e. The fourth-order valence-corrected chi connectivity index (χ4v) is 0. The van der Waals surface area contributed by atoms with Crippen molar-refractivity contribution < 1.29 is 52.2 Å². The molecule has 36 valence electrons. The van der Waals surface area contributed by atoms with E-state index in [4.69, 9.17) is 9.79 Å². The molecule has 0 spiro atoms. The Morgan fingerprint density at radius 2 is 1.50 bits per heavy atom. The van der Waals surface area contributed by atoms with Crippen LogP contribution in [-0.4, -0.2) is 9.79 Å². The molecule has 0 saturated carbocycles. The van der Waals surface area contributed by atoms with Crippen LogP contribution in [0.2, 0.25) is 0 Å². The molecule has 0 aromatic heterocycles. The van der Waals surface area contributed by atoms with Gasteiger partial charge in [0.15, 0.2) is 0 Å². The number of hydrogen-bond donors (Lipinski definition) is 2. The van der Waals surface area contributed by atoms with Crippen LogP contribution in [-0.2, 0) is 42.4 Å². The summed E-state index contributed by atoms with van der Waals surface area (Å²) in [5, 5.41) is 0. The number of hydrogen-bond acceptors (Lipinski definition) is 1. The maximum atomic E-state index is 9.36. The van der Waals surface area contributed by atoms with E-state index in [1.807, 2.05) is 0 Å². The molecule has 0 heterocycles. The zero-order valence-electron chi connectivity index (χ0n) is 2.61. The molecule has 0 aromatic rings. The van der Waals surface area contributed by atoms with Crippen LogP contribution in [0.4, 0.5) is 0 Å². The molecule has 0 bridgehead atoms. The van der Waals surface area contributed by atoms with Crippen LogP contribution < -0.4 is 0 Å². The van der Waals surface area contributed by atoms with Gasteiger partial charge in [0.05, 0.1) is 0 Å². The summed E-state index contributed by atoms with van der Waals surface area (Å²) in [6, 6.07) is 0. The Hall–Kier alpha value is 1.42. The maximum Gasteiger partial charge on any atom is 0 e. The van der Waals surface area contributed by atoms with Crippen molar-refractivity contribution in [2.24, 2.45) is 0 Å². The van der Waals surface area contributed by atoms with Crippen LogP contribution >= 0.6 is 5.69 Å². The maximum absolute atomic E-state index is 9.36. The second-order valence-electron chi connectivity index (χ2n) is 0.491. The first-order valence-electron chi connectivity index (χ1n) is 0.765. The topological polar surface area (TPSA) is 57.5 Å². The molecule has 0 aliphatic carbocycles. The Bertz CT molecular complexity index is 56.9. The zero-order chi connectivity index (χ0) is 4.50. The van der Waals surface area contributed by atoms with Gasteiger partial charge in [0.25, 0.3) is 0 Å². The molecule has 0 saturated heterocycles. The summed E-state index contributed by atoms with van der Waals surface area (Å²) in [5.41, 5.74) is -3.56. The normalized spacial score (nSPS) is 9.67. The number of rotatable bonds is 0. The van der Waals surface area contributed by atoms with Gasteiger partial charge in [0.2, 0.25) is 0 Å². The van der Waals surface area contributed by atoms with Crippen molar-refractivity contribution in [3.05, 3.63) is 0 Å². The van der Waals surface area contributed by atoms with Crippen LogP contribution in [0, 0.1) is 0 Å². The first kappa shape index (κ1) is 10.4. The van der Waals surface area contributed by atoms with E-state index in [1.54, 1.807) is 0 Å². The van der Waals surface area contributed by atoms with Crippen molar-refractivity contribution in [1.29, 1.82) is 0 Å². The second kappa shape index (κ2) is 3.43. The van der Waals surface area contributed by atoms with Crippen molar-refractivity contribution in [2.75, 3.05) is 0 Å². The van der Waals surface area contributed by atoms with E-state index in [9.17, 15) is 4.57 Å². The molecule has 6 heavy (non-hydrogen) atoms. The van der Waals surface area contributed by atoms with Gasteiger partial charge >= 0.3 is 39.3 Å². The third-order valence-corrected chi connectivity index (χ3v) is 0. The average Bonchev–Trinajstić information content (AvgIpc) is 0.722. The molecular weight excluding hydrogens is 314 g/mol. The van der Waals surface area contributed by atoms with E-state index in [-0.39, 0.29) is 18.6 Å². The smallest absolute Gasteiger partial charge is 0 e. The van der Waals surface area contributed by atoms with E-state index in [2.05, 4.69) is 0 Å². The molecule has 1 radical (unpaired) electrons. The van der Waals surface area contributed by atoms with E-state index in [0.29, 0.717) is 19.3 Å². The molecule has 0 aliphatic heterocycles. The van der Waals surface area contributed by atoms with Gasteiger partial charge in [0, 0.05) is 18.6 Å². The molecule has 0 amide bonds. The summed E-state index contributed by atoms with van der Waals surface area (Å²) in [6.45, 7) is 0. The van der Waals surface area contributed by atoms with Gasteiger partial charge in [-0.05, 0) is 0 Å². The third-order valence-electron chi connectivity index (χ3n) is 0. The van der Waals surface area contributed by atoms with Crippen molar-refractivity contribution in [1.82, 2.24) is 0 Å². The Morgan fingerprint density at radius 1 is 1.50 bits per heavy atom. The molecule has 0 aromatic carbocycles. The van der Waals surface area contributed by atoms with Crippen molar-refractivity contribution in [3.63, 3.8) is 0 Å². The van der Waals surface area contributed by atoms with Crippen LogP contribution in [0.15, 0.2) is 0 Å². The van der Waals surface area contributed by atoms with Crippen LogP contribution in [0.25, 0.3) is 0 Å². The Balaban J connectivity index is 0. The summed E-state index contributed by atoms with van der Waals surface area (Å²) in [5.74, 6) is 0. The molecule has 0 atom stereocenters. The molecule has 0 fully saturated rings. The quantitative estimate of drug-likeness (QED) is 0.599. The molecule has 6 heteroatoms. The summed E-state index contributed by atoms with van der Waals surface area (Å²) >= 11 is 0.326. The fourth-order valence-electron chi connectivity index (χ4n) is 0. The Labute approximate surface area is 57.9 Å². The Kier molecular flexibility index (Phi) is 5.95. The Morgan fingerprint density at radius 3 is 1.50 bits per heavy atom. The second-order valence-corrected chi connectivity index (χ2v) is 6.60. The van der Waals surface area contributed by atoms with Gasteiger partial charge in [-0.25, -0.2) is 0 Å². The first-order chi connectivity index (χ1) is 2.00. The monoisotopic (exact) mass is 316 g/mol. The summed E-state index contributed by atoms with van der Waals surface area (Å²) in [6.07, 6.45) is 0. The van der Waals surface area contributed by atoms with Gasteiger partial charge in [-0.1, -0.05) is 0 Å². The average molecular weight is 316 g/mol. The SMILES string of the molecule is O=[P](O)(O)[W].[V]. The van der Waals surface area contributed by atoms with Crippen molar-refractivity contribution in [2.45, 2.75) is 0 Å². The fraction of sp³-hybridized carbons (Fsp3) is 0. The third kappa shape index (κ3) is 52.4. The van der Waals surface area contributed by atoms with Gasteiger partial charge < -0.3 is 0 Å². The molecule has 2 N–H and O–H groups in total. The predicted molar refractivity (Wildman–Crippen MR) is 12.0 cm³/mol. The van der Waals surface area contributed by atoms with Crippen LogP contribution in [0.3, 0.4) is 0 Å². The first-order valence-corrected chi connectivity index (χ1v) is 6.23. The van der Waals surface area contributed by atoms with Crippen molar-refractivity contribution >= 4 is 5.69 Å². The summed E-state index contributed by atoms with van der Waals surface area (Å²) in [7, 11) is 0. The largest absolute Gasteiger partial charge is 0 e. The standard InChI is InChI=1S/HO3P.V.W/c1-4(2)3;;/h(H-,1,2,3);;/q;;-1/p+1. The van der Waals surface area contributed by atoms with Gasteiger partial charge in [0.1, 0.15) is 0 Å². The summed E-state index contributed by atoms with van der Waals surface area (Å²) < 4.78 is 9.36. The van der Waals surface area contributed by atoms with Crippen LogP contribution in [0.1, 0.15) is 0 Å². The molecular formula is H2O3PVW. The van der Waals surface area contributed by atoms with E-state index >= 15 is 0 Å². The van der Waals surface area contributed by atoms with Crippen LogP contribution in [0.5, 0.6) is 0 Å².